The summed E-state index contributed by atoms with van der Waals surface area (Å²) in [5.74, 6) is 0.441. The molecule has 0 amide bonds. The summed E-state index contributed by atoms with van der Waals surface area (Å²) in [7, 11) is -4.16. The van der Waals surface area contributed by atoms with Gasteiger partial charge in [-0.1, -0.05) is 12.1 Å². The van der Waals surface area contributed by atoms with Gasteiger partial charge in [-0.25, -0.2) is 18.5 Å². The van der Waals surface area contributed by atoms with Gasteiger partial charge in [0.15, 0.2) is 0 Å². The number of aromatic nitrogens is 2. The van der Waals surface area contributed by atoms with Gasteiger partial charge >= 0.3 is 6.18 Å². The van der Waals surface area contributed by atoms with Crippen molar-refractivity contribution in [1.29, 1.82) is 0 Å². The summed E-state index contributed by atoms with van der Waals surface area (Å²) in [6.45, 7) is 3.23. The third-order valence-electron chi connectivity index (χ3n) is 3.96. The number of ether oxygens (including phenoxy) is 1. The van der Waals surface area contributed by atoms with E-state index in [1.165, 1.54) is 30.5 Å². The molecule has 6 nitrogen and oxygen atoms in total. The number of nitrogens with one attached hydrogen (secondary N) is 1. The Balaban J connectivity index is 2.20. The SMILES string of the molecule is Cc1ncc(-c2c(Oc3cccc(C(F)(F)F)c3)ccc(C)c2S(N)(=O)=O)[nH]1. The van der Waals surface area contributed by atoms with Gasteiger partial charge in [0, 0.05) is 0 Å². The molecule has 0 bridgehead atoms. The average molecular weight is 411 g/mol. The molecule has 3 rings (SSSR count). The molecule has 0 saturated heterocycles. The van der Waals surface area contributed by atoms with E-state index >= 15 is 0 Å². The van der Waals surface area contributed by atoms with Crippen molar-refractivity contribution in [2.24, 2.45) is 5.14 Å². The second kappa shape index (κ2) is 6.95. The summed E-state index contributed by atoms with van der Waals surface area (Å²) in [5, 5.41) is 5.38. The Morgan fingerprint density at radius 1 is 1.14 bits per heavy atom. The van der Waals surface area contributed by atoms with Crippen LogP contribution >= 0.6 is 0 Å². The van der Waals surface area contributed by atoms with E-state index in [9.17, 15) is 21.6 Å². The number of rotatable bonds is 4. The van der Waals surface area contributed by atoms with Crippen LogP contribution in [0, 0.1) is 13.8 Å². The minimum atomic E-state index is -4.54. The Hall–Kier alpha value is -2.85. The van der Waals surface area contributed by atoms with Crippen molar-refractivity contribution in [3.63, 3.8) is 0 Å². The Morgan fingerprint density at radius 3 is 2.43 bits per heavy atom. The number of primary sulfonamides is 1. The quantitative estimate of drug-likeness (QED) is 0.674. The van der Waals surface area contributed by atoms with E-state index in [0.717, 1.165) is 12.1 Å². The molecular formula is C18H16F3N3O3S. The number of aromatic amines is 1. The van der Waals surface area contributed by atoms with Crippen LogP contribution in [-0.4, -0.2) is 18.4 Å². The molecule has 0 saturated carbocycles. The zero-order valence-electron chi connectivity index (χ0n) is 14.8. The molecule has 10 heteroatoms. The minimum Gasteiger partial charge on any atom is -0.457 e. The summed E-state index contributed by atoms with van der Waals surface area (Å²) >= 11 is 0. The molecule has 148 valence electrons. The highest BCUT2D eigenvalue weighted by Gasteiger charge is 2.31. The predicted octanol–water partition coefficient (Wildman–Crippen LogP) is 4.15. The number of benzene rings is 2. The van der Waals surface area contributed by atoms with Crippen LogP contribution in [0.4, 0.5) is 13.2 Å². The van der Waals surface area contributed by atoms with Crippen molar-refractivity contribution in [3.05, 3.63) is 59.5 Å². The summed E-state index contributed by atoms with van der Waals surface area (Å²) in [6, 6.07) is 7.22. The van der Waals surface area contributed by atoms with Gasteiger partial charge in [0.05, 0.1) is 27.9 Å². The molecule has 2 aromatic carbocycles. The Morgan fingerprint density at radius 2 is 1.86 bits per heavy atom. The first-order chi connectivity index (χ1) is 13.0. The van der Waals surface area contributed by atoms with Crippen molar-refractivity contribution < 1.29 is 26.3 Å². The maximum absolute atomic E-state index is 13.0. The number of nitrogens with two attached hydrogens (primary N) is 1. The second-order valence-corrected chi connectivity index (χ2v) is 7.64. The lowest BCUT2D eigenvalue weighted by atomic mass is 10.1. The maximum Gasteiger partial charge on any atom is 0.416 e. The number of aryl methyl sites for hydroxylation is 2. The average Bonchev–Trinajstić information content (AvgIpc) is 3.00. The van der Waals surface area contributed by atoms with Gasteiger partial charge in [-0.3, -0.25) is 0 Å². The van der Waals surface area contributed by atoms with E-state index in [4.69, 9.17) is 9.88 Å². The lowest BCUT2D eigenvalue weighted by Gasteiger charge is -2.16. The Kier molecular flexibility index (Phi) is 4.94. The molecule has 1 aromatic heterocycles. The smallest absolute Gasteiger partial charge is 0.416 e. The number of H-pyrrole nitrogens is 1. The van der Waals surface area contributed by atoms with Crippen LogP contribution in [0.5, 0.6) is 11.5 Å². The minimum absolute atomic E-state index is 0.0256. The molecule has 1 heterocycles. The molecule has 0 radical (unpaired) electrons. The van der Waals surface area contributed by atoms with Gasteiger partial charge in [0.1, 0.15) is 17.3 Å². The van der Waals surface area contributed by atoms with Crippen LogP contribution in [0.25, 0.3) is 11.3 Å². The summed E-state index contributed by atoms with van der Waals surface area (Å²) in [4.78, 5) is 6.75. The fourth-order valence-electron chi connectivity index (χ4n) is 2.79. The van der Waals surface area contributed by atoms with E-state index in [1.807, 2.05) is 0 Å². The molecule has 0 aliphatic carbocycles. The number of imidazole rings is 1. The highest BCUT2D eigenvalue weighted by atomic mass is 32.2. The third kappa shape index (κ3) is 4.02. The standard InChI is InChI=1S/C18H16F3N3O3S/c1-10-6-7-15(27-13-5-3-4-12(8-13)18(19,20)21)16(17(10)28(22,25)26)14-9-23-11(2)24-14/h3-9H,1-2H3,(H,23,24)(H2,22,25,26). The molecule has 0 atom stereocenters. The summed E-state index contributed by atoms with van der Waals surface area (Å²) < 4.78 is 68.9. The van der Waals surface area contributed by atoms with Gasteiger partial charge in [-0.05, 0) is 43.7 Å². The highest BCUT2D eigenvalue weighted by molar-refractivity contribution is 7.89. The highest BCUT2D eigenvalue weighted by Crippen LogP contribution is 2.40. The number of alkyl halides is 3. The topological polar surface area (TPSA) is 98.1 Å². The largest absolute Gasteiger partial charge is 0.457 e. The molecule has 0 fully saturated rings. The van der Waals surface area contributed by atoms with E-state index in [1.54, 1.807) is 13.8 Å². The van der Waals surface area contributed by atoms with Crippen molar-refractivity contribution >= 4 is 10.0 Å². The zero-order valence-corrected chi connectivity index (χ0v) is 15.6. The normalized spacial score (nSPS) is 12.2. The van der Waals surface area contributed by atoms with E-state index < -0.39 is 21.8 Å². The molecule has 0 spiro atoms. The van der Waals surface area contributed by atoms with Gasteiger partial charge in [0.2, 0.25) is 10.0 Å². The molecule has 0 aliphatic heterocycles. The predicted molar refractivity (Wildman–Crippen MR) is 96.4 cm³/mol. The molecule has 28 heavy (non-hydrogen) atoms. The van der Waals surface area contributed by atoms with Gasteiger partial charge in [-0.2, -0.15) is 13.2 Å². The first-order valence-electron chi connectivity index (χ1n) is 8.00. The molecular weight excluding hydrogens is 395 g/mol. The number of hydrogen-bond acceptors (Lipinski definition) is 4. The number of nitrogens with zero attached hydrogens (tertiary/aromatic N) is 1. The van der Waals surface area contributed by atoms with E-state index in [-0.39, 0.29) is 22.0 Å². The molecule has 0 aliphatic rings. The number of hydrogen-bond donors (Lipinski definition) is 2. The van der Waals surface area contributed by atoms with Crippen molar-refractivity contribution in [1.82, 2.24) is 9.97 Å². The maximum atomic E-state index is 13.0. The Labute approximate surface area is 159 Å². The van der Waals surface area contributed by atoms with E-state index in [2.05, 4.69) is 9.97 Å². The Bertz CT molecular complexity index is 1140. The third-order valence-corrected chi connectivity index (χ3v) is 5.06. The van der Waals surface area contributed by atoms with Crippen LogP contribution < -0.4 is 9.88 Å². The lowest BCUT2D eigenvalue weighted by molar-refractivity contribution is -0.137. The van der Waals surface area contributed by atoms with Gasteiger partial charge in [-0.15, -0.1) is 0 Å². The number of sulfonamides is 1. The van der Waals surface area contributed by atoms with Gasteiger partial charge < -0.3 is 9.72 Å². The fraction of sp³-hybridized carbons (Fsp3) is 0.167. The zero-order chi connectivity index (χ0) is 20.7. The fourth-order valence-corrected chi connectivity index (χ4v) is 3.80. The number of halogens is 3. The van der Waals surface area contributed by atoms with Crippen LogP contribution in [0.3, 0.4) is 0 Å². The van der Waals surface area contributed by atoms with Crippen LogP contribution in [-0.2, 0) is 16.2 Å². The summed E-state index contributed by atoms with van der Waals surface area (Å²) in [6.07, 6.45) is -3.14. The second-order valence-electron chi connectivity index (χ2n) is 6.14. The summed E-state index contributed by atoms with van der Waals surface area (Å²) in [5.41, 5.74) is -0.114. The molecule has 0 unspecified atom stereocenters. The van der Waals surface area contributed by atoms with Crippen molar-refractivity contribution in [2.75, 3.05) is 0 Å². The van der Waals surface area contributed by atoms with Crippen LogP contribution in [0.1, 0.15) is 17.0 Å². The first-order valence-corrected chi connectivity index (χ1v) is 9.55. The van der Waals surface area contributed by atoms with Crippen LogP contribution in [0.15, 0.2) is 47.5 Å². The van der Waals surface area contributed by atoms with Gasteiger partial charge in [0.25, 0.3) is 0 Å². The molecule has 3 aromatic rings. The lowest BCUT2D eigenvalue weighted by Crippen LogP contribution is -2.15. The monoisotopic (exact) mass is 411 g/mol. The molecule has 3 N–H and O–H groups in total. The van der Waals surface area contributed by atoms with Crippen molar-refractivity contribution in [2.45, 2.75) is 24.9 Å². The first kappa shape index (κ1) is 19.9. The van der Waals surface area contributed by atoms with E-state index in [0.29, 0.717) is 17.1 Å². The van der Waals surface area contributed by atoms with Crippen LogP contribution in [0.2, 0.25) is 0 Å². The van der Waals surface area contributed by atoms with Crippen molar-refractivity contribution in [3.8, 4) is 22.8 Å².